The molecule has 0 aromatic rings. The first-order valence-electron chi connectivity index (χ1n) is 13.5. The number of unbranched alkanes of at least 4 members (excludes halogenated alkanes) is 2. The van der Waals surface area contributed by atoms with Gasteiger partial charge in [0.25, 0.3) is 0 Å². The fraction of sp³-hybridized carbons (Fsp3) is 0.960. The Morgan fingerprint density at radius 3 is 1.09 bits per heavy atom. The number of carbonyl (C=O) groups is 1. The minimum atomic E-state index is -2.71. The van der Waals surface area contributed by atoms with E-state index in [4.69, 9.17) is 17.7 Å². The average molecular weight is 491 g/mol. The van der Waals surface area contributed by atoms with Crippen LogP contribution >= 0.6 is 0 Å². The third-order valence-electron chi connectivity index (χ3n) is 6.19. The van der Waals surface area contributed by atoms with Crippen LogP contribution < -0.4 is 0 Å². The van der Waals surface area contributed by atoms with Crippen molar-refractivity contribution in [2.24, 2.45) is 0 Å². The molecule has 0 N–H and O–H groups in total. The summed E-state index contributed by atoms with van der Waals surface area (Å²) < 4.78 is 25.9. The fourth-order valence-corrected chi connectivity index (χ4v) is 13.3. The standard InChI is InChI=1S/C25H54O5Si2/c1-9-17-19-23(31(21-11-3,27-13-5)28-14-6)25(26)24(20-18-10-2)32(22-12-4,29-15-7)30-16-8/h23-24H,9-22H2,1-8H3. The molecule has 2 atom stereocenters. The molecule has 0 aliphatic heterocycles. The molecule has 0 aliphatic carbocycles. The van der Waals surface area contributed by atoms with Gasteiger partial charge in [-0.2, -0.15) is 0 Å². The number of rotatable bonds is 22. The highest BCUT2D eigenvalue weighted by molar-refractivity contribution is 6.77. The zero-order valence-electron chi connectivity index (χ0n) is 22.6. The largest absolute Gasteiger partial charge is 0.394 e. The van der Waals surface area contributed by atoms with E-state index in [1.54, 1.807) is 0 Å². The minimum absolute atomic E-state index is 0.159. The second-order valence-electron chi connectivity index (χ2n) is 8.65. The van der Waals surface area contributed by atoms with E-state index in [0.29, 0.717) is 32.2 Å². The van der Waals surface area contributed by atoms with Gasteiger partial charge < -0.3 is 17.7 Å². The molecule has 0 radical (unpaired) electrons. The summed E-state index contributed by atoms with van der Waals surface area (Å²) >= 11 is 0. The van der Waals surface area contributed by atoms with Crippen LogP contribution in [0.1, 0.15) is 107 Å². The number of Topliss-reactive ketones (excluding diaryl/α,β-unsaturated/α-hetero) is 1. The van der Waals surface area contributed by atoms with E-state index in [-0.39, 0.29) is 11.1 Å². The molecule has 0 aliphatic rings. The summed E-state index contributed by atoms with van der Waals surface area (Å²) in [5, 5.41) is 0. The van der Waals surface area contributed by atoms with Crippen molar-refractivity contribution in [3.05, 3.63) is 0 Å². The zero-order chi connectivity index (χ0) is 24.5. The van der Waals surface area contributed by atoms with Crippen molar-refractivity contribution in [3.63, 3.8) is 0 Å². The summed E-state index contributed by atoms with van der Waals surface area (Å²) in [4.78, 5) is 14.5. The van der Waals surface area contributed by atoms with E-state index in [1.165, 1.54) is 0 Å². The molecule has 0 rings (SSSR count). The Morgan fingerprint density at radius 1 is 0.562 bits per heavy atom. The van der Waals surface area contributed by atoms with Crippen LogP contribution in [0.25, 0.3) is 0 Å². The molecule has 0 spiro atoms. The smallest absolute Gasteiger partial charge is 0.348 e. The molecule has 0 amide bonds. The molecule has 0 bridgehead atoms. The summed E-state index contributed by atoms with van der Waals surface area (Å²) in [6.45, 7) is 19.2. The summed E-state index contributed by atoms with van der Waals surface area (Å²) in [7, 11) is -5.43. The van der Waals surface area contributed by atoms with Crippen molar-refractivity contribution >= 4 is 22.9 Å². The first-order valence-corrected chi connectivity index (χ1v) is 17.7. The van der Waals surface area contributed by atoms with Gasteiger partial charge in [0.1, 0.15) is 5.78 Å². The molecular weight excluding hydrogens is 436 g/mol. The van der Waals surface area contributed by atoms with Gasteiger partial charge in [0.05, 0.1) is 11.1 Å². The molecule has 0 saturated carbocycles. The van der Waals surface area contributed by atoms with Crippen molar-refractivity contribution in [1.82, 2.24) is 0 Å². The van der Waals surface area contributed by atoms with Crippen LogP contribution in [0.2, 0.25) is 23.2 Å². The molecule has 0 fully saturated rings. The monoisotopic (exact) mass is 490 g/mol. The van der Waals surface area contributed by atoms with Crippen molar-refractivity contribution in [2.45, 2.75) is 130 Å². The van der Waals surface area contributed by atoms with E-state index in [0.717, 1.165) is 63.5 Å². The van der Waals surface area contributed by atoms with Gasteiger partial charge in [-0.15, -0.1) is 0 Å². The van der Waals surface area contributed by atoms with Crippen LogP contribution in [0, 0.1) is 0 Å². The Kier molecular flexibility index (Phi) is 18.3. The van der Waals surface area contributed by atoms with Gasteiger partial charge in [0.2, 0.25) is 0 Å². The third kappa shape index (κ3) is 9.30. The van der Waals surface area contributed by atoms with Crippen LogP contribution in [0.5, 0.6) is 0 Å². The number of carbonyl (C=O) groups excluding carboxylic acids is 1. The Hall–Kier alpha value is -0.0562. The minimum Gasteiger partial charge on any atom is -0.394 e. The second-order valence-corrected chi connectivity index (χ2v) is 15.4. The summed E-state index contributed by atoms with van der Waals surface area (Å²) in [5.74, 6) is 0.316. The Bertz CT molecular complexity index is 401. The molecular formula is C25H54O5Si2. The highest BCUT2D eigenvalue weighted by Crippen LogP contribution is 2.44. The van der Waals surface area contributed by atoms with E-state index >= 15 is 0 Å². The van der Waals surface area contributed by atoms with Crippen LogP contribution in [0.15, 0.2) is 0 Å². The van der Waals surface area contributed by atoms with E-state index in [9.17, 15) is 4.79 Å². The van der Waals surface area contributed by atoms with E-state index in [2.05, 4.69) is 27.7 Å². The molecule has 7 heteroatoms. The molecule has 5 nitrogen and oxygen atoms in total. The number of ketones is 1. The maximum atomic E-state index is 14.5. The van der Waals surface area contributed by atoms with Crippen LogP contribution in [0.3, 0.4) is 0 Å². The van der Waals surface area contributed by atoms with Crippen molar-refractivity contribution in [1.29, 1.82) is 0 Å². The maximum Gasteiger partial charge on any atom is 0.348 e. The first-order chi connectivity index (χ1) is 15.4. The zero-order valence-corrected chi connectivity index (χ0v) is 24.6. The molecule has 0 saturated heterocycles. The van der Waals surface area contributed by atoms with E-state index < -0.39 is 17.1 Å². The van der Waals surface area contributed by atoms with Gasteiger partial charge in [-0.05, 0) is 52.6 Å². The van der Waals surface area contributed by atoms with Crippen molar-refractivity contribution < 1.29 is 22.5 Å². The summed E-state index contributed by atoms with van der Waals surface area (Å²) in [6, 6.07) is 1.72. The molecule has 0 aromatic carbocycles. The van der Waals surface area contributed by atoms with Gasteiger partial charge in [0, 0.05) is 26.4 Å². The third-order valence-corrected chi connectivity index (χ3v) is 15.0. The van der Waals surface area contributed by atoms with Gasteiger partial charge in [0.15, 0.2) is 0 Å². The van der Waals surface area contributed by atoms with Crippen LogP contribution in [-0.2, 0) is 22.5 Å². The molecule has 2 unspecified atom stereocenters. The van der Waals surface area contributed by atoms with Gasteiger partial charge in [-0.1, -0.05) is 66.2 Å². The highest BCUT2D eigenvalue weighted by atomic mass is 28.4. The molecule has 0 heterocycles. The number of hydrogen-bond acceptors (Lipinski definition) is 5. The Labute approximate surface area is 201 Å². The van der Waals surface area contributed by atoms with Gasteiger partial charge in [-0.25, -0.2) is 0 Å². The highest BCUT2D eigenvalue weighted by Gasteiger charge is 2.56. The van der Waals surface area contributed by atoms with Crippen molar-refractivity contribution in [2.75, 3.05) is 26.4 Å². The van der Waals surface area contributed by atoms with Gasteiger partial charge in [-0.3, -0.25) is 4.79 Å². The van der Waals surface area contributed by atoms with E-state index in [1.807, 2.05) is 27.7 Å². The lowest BCUT2D eigenvalue weighted by Crippen LogP contribution is -2.55. The van der Waals surface area contributed by atoms with Crippen LogP contribution in [-0.4, -0.2) is 49.3 Å². The lowest BCUT2D eigenvalue weighted by molar-refractivity contribution is -0.121. The summed E-state index contributed by atoms with van der Waals surface area (Å²) in [5.41, 5.74) is -0.317. The predicted molar refractivity (Wildman–Crippen MR) is 140 cm³/mol. The first kappa shape index (κ1) is 31.9. The quantitative estimate of drug-likeness (QED) is 0.147. The molecule has 0 aromatic heterocycles. The predicted octanol–water partition coefficient (Wildman–Crippen LogP) is 7.53. The Morgan fingerprint density at radius 2 is 0.875 bits per heavy atom. The normalized spacial score (nSPS) is 14.5. The lowest BCUT2D eigenvalue weighted by Gasteiger charge is -2.42. The SMILES string of the molecule is CCCCC(C(=O)C(CCCC)[Si](CCC)(OCC)OCC)[Si](CCC)(OCC)OCC. The second kappa shape index (κ2) is 18.3. The lowest BCUT2D eigenvalue weighted by atomic mass is 10.0. The summed E-state index contributed by atoms with van der Waals surface area (Å²) in [6.07, 6.45) is 7.78. The average Bonchev–Trinajstić information content (AvgIpc) is 2.75. The topological polar surface area (TPSA) is 54.0 Å². The molecule has 32 heavy (non-hydrogen) atoms. The van der Waals surface area contributed by atoms with Gasteiger partial charge >= 0.3 is 17.1 Å². The Balaban J connectivity index is 6.55. The fourth-order valence-electron chi connectivity index (χ4n) is 5.01. The van der Waals surface area contributed by atoms with Crippen molar-refractivity contribution in [3.8, 4) is 0 Å². The maximum absolute atomic E-state index is 14.5. The molecule has 192 valence electrons. The van der Waals surface area contributed by atoms with Crippen LogP contribution in [0.4, 0.5) is 0 Å². The number of hydrogen-bond donors (Lipinski definition) is 0.